The lowest BCUT2D eigenvalue weighted by atomic mass is 10.1. The monoisotopic (exact) mass is 400 g/mol. The molecule has 0 amide bonds. The summed E-state index contributed by atoms with van der Waals surface area (Å²) in [6.45, 7) is 4.49. The molecule has 0 spiro atoms. The van der Waals surface area contributed by atoms with Crippen molar-refractivity contribution in [2.75, 3.05) is 6.54 Å². The summed E-state index contributed by atoms with van der Waals surface area (Å²) < 4.78 is 1.10. The molecule has 4 rings (SSSR count). The molecule has 0 bridgehead atoms. The van der Waals surface area contributed by atoms with E-state index in [1.54, 1.807) is 0 Å². The van der Waals surface area contributed by atoms with Crippen molar-refractivity contribution in [2.45, 2.75) is 39.3 Å². The number of aromatic nitrogens is 3. The normalized spacial score (nSPS) is 14.8. The molecule has 0 fully saturated rings. The Balaban J connectivity index is 1.59. The highest BCUT2D eigenvalue weighted by molar-refractivity contribution is 9.10. The third-order valence-corrected chi connectivity index (χ3v) is 5.47. The fourth-order valence-electron chi connectivity index (χ4n) is 3.60. The first-order valence-corrected chi connectivity index (χ1v) is 9.52. The molecule has 2 aromatic heterocycles. The number of rotatable bonds is 4. The van der Waals surface area contributed by atoms with Gasteiger partial charge in [0.25, 0.3) is 5.56 Å². The number of benzene rings is 1. The number of aromatic amines is 2. The van der Waals surface area contributed by atoms with Gasteiger partial charge in [-0.2, -0.15) is 0 Å². The molecule has 0 radical (unpaired) electrons. The maximum absolute atomic E-state index is 12.4. The van der Waals surface area contributed by atoms with Crippen molar-refractivity contribution < 1.29 is 0 Å². The maximum atomic E-state index is 12.4. The van der Waals surface area contributed by atoms with E-state index >= 15 is 0 Å². The van der Waals surface area contributed by atoms with E-state index in [9.17, 15) is 4.79 Å². The molecule has 1 aliphatic rings. The van der Waals surface area contributed by atoms with Crippen LogP contribution in [0.25, 0.3) is 10.9 Å². The Bertz CT molecular complexity index is 975. The van der Waals surface area contributed by atoms with E-state index < -0.39 is 0 Å². The largest absolute Gasteiger partial charge is 0.361 e. The summed E-state index contributed by atoms with van der Waals surface area (Å²) in [4.78, 5) is 25.7. The van der Waals surface area contributed by atoms with E-state index in [4.69, 9.17) is 0 Å². The molecular weight excluding hydrogens is 380 g/mol. The van der Waals surface area contributed by atoms with Crippen molar-refractivity contribution in [3.8, 4) is 0 Å². The second kappa shape index (κ2) is 6.77. The van der Waals surface area contributed by atoms with Crippen LogP contribution in [0.3, 0.4) is 0 Å². The van der Waals surface area contributed by atoms with Crippen LogP contribution in [0.2, 0.25) is 0 Å². The first-order chi connectivity index (χ1) is 12.2. The molecular formula is C19H21BrN4O. The highest BCUT2D eigenvalue weighted by Crippen LogP contribution is 2.28. The number of hydrogen-bond acceptors (Lipinski definition) is 3. The first-order valence-electron chi connectivity index (χ1n) is 8.73. The van der Waals surface area contributed by atoms with Gasteiger partial charge in [0.1, 0.15) is 5.82 Å². The van der Waals surface area contributed by atoms with E-state index in [1.807, 2.05) is 6.07 Å². The van der Waals surface area contributed by atoms with Crippen LogP contribution in [0.4, 0.5) is 0 Å². The first kappa shape index (κ1) is 16.5. The van der Waals surface area contributed by atoms with Crippen LogP contribution in [-0.4, -0.2) is 26.4 Å². The quantitative estimate of drug-likeness (QED) is 0.703. The van der Waals surface area contributed by atoms with Crippen LogP contribution in [-0.2, 0) is 25.9 Å². The van der Waals surface area contributed by atoms with Gasteiger partial charge in [-0.25, -0.2) is 4.98 Å². The maximum Gasteiger partial charge on any atom is 0.255 e. The Labute approximate surface area is 154 Å². The highest BCUT2D eigenvalue weighted by Gasteiger charge is 2.22. The van der Waals surface area contributed by atoms with Crippen LogP contribution in [0.5, 0.6) is 0 Å². The van der Waals surface area contributed by atoms with Gasteiger partial charge in [0.05, 0.1) is 11.3 Å². The number of fused-ring (bicyclic) bond motifs is 2. The second-order valence-electron chi connectivity index (χ2n) is 6.62. The van der Waals surface area contributed by atoms with Crippen molar-refractivity contribution in [1.29, 1.82) is 0 Å². The number of nitrogens with one attached hydrogen (secondary N) is 2. The number of halogens is 1. The SMILES string of the molecule is CCCc1nc2c(c(=O)[nH]1)CN(Cc1c[nH]c3cccc(Br)c13)CC2. The van der Waals surface area contributed by atoms with Gasteiger partial charge in [-0.15, -0.1) is 0 Å². The Morgan fingerprint density at radius 1 is 1.36 bits per heavy atom. The second-order valence-corrected chi connectivity index (χ2v) is 7.48. The lowest BCUT2D eigenvalue weighted by Crippen LogP contribution is -2.35. The van der Waals surface area contributed by atoms with Gasteiger partial charge in [-0.3, -0.25) is 9.69 Å². The van der Waals surface area contributed by atoms with Crippen LogP contribution < -0.4 is 5.56 Å². The summed E-state index contributed by atoms with van der Waals surface area (Å²) >= 11 is 3.65. The predicted molar refractivity (Wildman–Crippen MR) is 103 cm³/mol. The fourth-order valence-corrected chi connectivity index (χ4v) is 4.22. The summed E-state index contributed by atoms with van der Waals surface area (Å²) in [5.41, 5.74) is 4.20. The average Bonchev–Trinajstić information content (AvgIpc) is 3.00. The predicted octanol–water partition coefficient (Wildman–Crippen LogP) is 3.52. The summed E-state index contributed by atoms with van der Waals surface area (Å²) in [5.74, 6) is 0.820. The smallest absolute Gasteiger partial charge is 0.255 e. The zero-order chi connectivity index (χ0) is 17.4. The molecule has 0 aliphatic carbocycles. The van der Waals surface area contributed by atoms with Crippen LogP contribution >= 0.6 is 15.9 Å². The minimum Gasteiger partial charge on any atom is -0.361 e. The summed E-state index contributed by atoms with van der Waals surface area (Å²) in [5, 5.41) is 1.22. The van der Waals surface area contributed by atoms with Gasteiger partial charge < -0.3 is 9.97 Å². The molecule has 0 atom stereocenters. The zero-order valence-electron chi connectivity index (χ0n) is 14.2. The molecule has 25 heavy (non-hydrogen) atoms. The lowest BCUT2D eigenvalue weighted by molar-refractivity contribution is 0.242. The summed E-state index contributed by atoms with van der Waals surface area (Å²) in [6, 6.07) is 6.18. The molecule has 130 valence electrons. The number of hydrogen-bond donors (Lipinski definition) is 2. The van der Waals surface area contributed by atoms with Gasteiger partial charge in [0.15, 0.2) is 0 Å². The Morgan fingerprint density at radius 2 is 2.24 bits per heavy atom. The summed E-state index contributed by atoms with van der Waals surface area (Å²) in [7, 11) is 0. The van der Waals surface area contributed by atoms with Crippen molar-refractivity contribution in [2.24, 2.45) is 0 Å². The van der Waals surface area contributed by atoms with Gasteiger partial charge in [-0.1, -0.05) is 28.9 Å². The van der Waals surface area contributed by atoms with Crippen molar-refractivity contribution >= 4 is 26.8 Å². The Kier molecular flexibility index (Phi) is 4.48. The number of H-pyrrole nitrogens is 2. The van der Waals surface area contributed by atoms with Gasteiger partial charge >= 0.3 is 0 Å². The molecule has 3 aromatic rings. The number of aryl methyl sites for hydroxylation is 1. The lowest BCUT2D eigenvalue weighted by Gasteiger charge is -2.27. The Hall–Kier alpha value is -1.92. The minimum absolute atomic E-state index is 0.0262. The van der Waals surface area contributed by atoms with E-state index in [0.29, 0.717) is 6.54 Å². The molecule has 0 saturated heterocycles. The van der Waals surface area contributed by atoms with Crippen LogP contribution in [0.1, 0.15) is 36.0 Å². The topological polar surface area (TPSA) is 64.8 Å². The van der Waals surface area contributed by atoms with Crippen molar-refractivity contribution in [3.63, 3.8) is 0 Å². The van der Waals surface area contributed by atoms with Gasteiger partial charge in [0, 0.05) is 54.0 Å². The molecule has 3 heterocycles. The third-order valence-electron chi connectivity index (χ3n) is 4.81. The average molecular weight is 401 g/mol. The van der Waals surface area contributed by atoms with Gasteiger partial charge in [-0.05, 0) is 24.1 Å². The standard InChI is InChI=1S/C19H21BrN4O/c1-2-4-17-22-15-7-8-24(11-13(15)19(25)23-17)10-12-9-21-16-6-3-5-14(20)18(12)16/h3,5-6,9,21H,2,4,7-8,10-11H2,1H3,(H,22,23,25). The molecule has 2 N–H and O–H groups in total. The zero-order valence-corrected chi connectivity index (χ0v) is 15.8. The van der Waals surface area contributed by atoms with Gasteiger partial charge in [0.2, 0.25) is 0 Å². The fraction of sp³-hybridized carbons (Fsp3) is 0.368. The highest BCUT2D eigenvalue weighted by atomic mass is 79.9. The van der Waals surface area contributed by atoms with E-state index in [0.717, 1.165) is 59.4 Å². The summed E-state index contributed by atoms with van der Waals surface area (Å²) in [6.07, 6.45) is 4.72. The molecule has 6 heteroatoms. The molecule has 1 aromatic carbocycles. The molecule has 0 saturated carbocycles. The Morgan fingerprint density at radius 3 is 3.08 bits per heavy atom. The molecule has 5 nitrogen and oxygen atoms in total. The van der Waals surface area contributed by atoms with E-state index in [2.05, 4.69) is 61.0 Å². The number of nitrogens with zero attached hydrogens (tertiary/aromatic N) is 2. The molecule has 0 unspecified atom stereocenters. The van der Waals surface area contributed by atoms with Crippen molar-refractivity contribution in [3.05, 3.63) is 61.9 Å². The molecule has 1 aliphatic heterocycles. The van der Waals surface area contributed by atoms with E-state index in [1.165, 1.54) is 10.9 Å². The van der Waals surface area contributed by atoms with E-state index in [-0.39, 0.29) is 5.56 Å². The minimum atomic E-state index is 0.0262. The van der Waals surface area contributed by atoms with Crippen LogP contribution in [0, 0.1) is 0 Å². The van der Waals surface area contributed by atoms with Crippen molar-refractivity contribution in [1.82, 2.24) is 19.9 Å². The van der Waals surface area contributed by atoms with Crippen LogP contribution in [0.15, 0.2) is 33.7 Å². The third kappa shape index (κ3) is 3.16.